The molecule has 0 saturated heterocycles. The topological polar surface area (TPSA) is 35.2 Å². The molecule has 0 spiro atoms. The van der Waals surface area contributed by atoms with E-state index in [0.29, 0.717) is 17.9 Å². The maximum Gasteiger partial charge on any atom is 0.107 e. The highest BCUT2D eigenvalue weighted by Crippen LogP contribution is 2.39. The van der Waals surface area contributed by atoms with Gasteiger partial charge in [-0.3, -0.25) is 0 Å². The van der Waals surface area contributed by atoms with Gasteiger partial charge < -0.3 is 10.5 Å². The highest BCUT2D eigenvalue weighted by atomic mass is 32.1. The highest BCUT2D eigenvalue weighted by molar-refractivity contribution is 7.10. The summed E-state index contributed by atoms with van der Waals surface area (Å²) in [4.78, 5) is 1.28. The van der Waals surface area contributed by atoms with Crippen LogP contribution < -0.4 is 5.73 Å². The van der Waals surface area contributed by atoms with Gasteiger partial charge in [0.1, 0.15) is 6.10 Å². The lowest BCUT2D eigenvalue weighted by atomic mass is 9.75. The Hall–Kier alpha value is -0.380. The minimum absolute atomic E-state index is 0.0616. The summed E-state index contributed by atoms with van der Waals surface area (Å²) in [5.41, 5.74) is 6.36. The second-order valence-electron chi connectivity index (χ2n) is 7.01. The molecule has 5 unspecified atom stereocenters. The largest absolute Gasteiger partial charge is 0.368 e. The Morgan fingerprint density at radius 3 is 2.71 bits per heavy atom. The molecule has 1 fully saturated rings. The summed E-state index contributed by atoms with van der Waals surface area (Å²) in [5, 5.41) is 2.12. The number of rotatable bonds is 6. The molecule has 1 aromatic rings. The summed E-state index contributed by atoms with van der Waals surface area (Å²) in [6.07, 6.45) is 5.19. The van der Waals surface area contributed by atoms with Crippen molar-refractivity contribution in [1.29, 1.82) is 0 Å². The van der Waals surface area contributed by atoms with Crippen molar-refractivity contribution in [3.8, 4) is 0 Å². The van der Waals surface area contributed by atoms with Gasteiger partial charge in [0.15, 0.2) is 0 Å². The first-order valence-electron chi connectivity index (χ1n) is 8.47. The fourth-order valence-electron chi connectivity index (χ4n) is 3.51. The normalized spacial score (nSPS) is 29.5. The monoisotopic (exact) mass is 309 g/mol. The third kappa shape index (κ3) is 4.30. The van der Waals surface area contributed by atoms with Crippen molar-refractivity contribution in [1.82, 2.24) is 0 Å². The zero-order valence-electron chi connectivity index (χ0n) is 13.9. The molecule has 0 radical (unpaired) electrons. The molecular weight excluding hydrogens is 278 g/mol. The summed E-state index contributed by atoms with van der Waals surface area (Å²) >= 11 is 1.77. The predicted molar refractivity (Wildman–Crippen MR) is 91.5 cm³/mol. The van der Waals surface area contributed by atoms with E-state index in [1.54, 1.807) is 11.3 Å². The first kappa shape index (κ1) is 17.0. The van der Waals surface area contributed by atoms with Crippen molar-refractivity contribution in [2.45, 2.75) is 71.6 Å². The Bertz CT molecular complexity index is 403. The molecule has 1 saturated carbocycles. The van der Waals surface area contributed by atoms with Gasteiger partial charge in [-0.2, -0.15) is 0 Å². The second-order valence-corrected chi connectivity index (χ2v) is 7.99. The first-order chi connectivity index (χ1) is 10.0. The number of hydrogen-bond donors (Lipinski definition) is 1. The van der Waals surface area contributed by atoms with Crippen LogP contribution in [-0.2, 0) is 4.74 Å². The molecule has 2 N–H and O–H groups in total. The van der Waals surface area contributed by atoms with Gasteiger partial charge in [-0.25, -0.2) is 0 Å². The molecule has 5 atom stereocenters. The maximum atomic E-state index is 6.62. The molecule has 0 amide bonds. The van der Waals surface area contributed by atoms with E-state index in [9.17, 15) is 0 Å². The van der Waals surface area contributed by atoms with Crippen molar-refractivity contribution in [2.75, 3.05) is 0 Å². The van der Waals surface area contributed by atoms with E-state index < -0.39 is 0 Å². The third-order valence-electron chi connectivity index (χ3n) is 4.97. The highest BCUT2D eigenvalue weighted by Gasteiger charge is 2.34. The minimum Gasteiger partial charge on any atom is -0.368 e. The fourth-order valence-corrected chi connectivity index (χ4v) is 4.34. The Balaban J connectivity index is 2.13. The lowest BCUT2D eigenvalue weighted by Gasteiger charge is -2.40. The van der Waals surface area contributed by atoms with Gasteiger partial charge in [0.05, 0.1) is 6.10 Å². The summed E-state index contributed by atoms with van der Waals surface area (Å²) < 4.78 is 6.62. The van der Waals surface area contributed by atoms with Crippen LogP contribution in [0.4, 0.5) is 0 Å². The fraction of sp³-hybridized carbons (Fsp3) is 0.778. The van der Waals surface area contributed by atoms with Gasteiger partial charge in [0.25, 0.3) is 0 Å². The summed E-state index contributed by atoms with van der Waals surface area (Å²) in [7, 11) is 0. The molecule has 2 rings (SSSR count). The van der Waals surface area contributed by atoms with Crippen LogP contribution in [0.25, 0.3) is 0 Å². The number of nitrogens with two attached hydrogens (primary N) is 1. The van der Waals surface area contributed by atoms with Crippen LogP contribution in [0.5, 0.6) is 0 Å². The Morgan fingerprint density at radius 2 is 2.14 bits per heavy atom. The van der Waals surface area contributed by atoms with Crippen LogP contribution in [0.1, 0.15) is 64.4 Å². The lowest BCUT2D eigenvalue weighted by molar-refractivity contribution is -0.0892. The van der Waals surface area contributed by atoms with Crippen molar-refractivity contribution in [3.63, 3.8) is 0 Å². The third-order valence-corrected chi connectivity index (χ3v) is 5.90. The molecule has 1 aliphatic carbocycles. The number of hydrogen-bond acceptors (Lipinski definition) is 3. The summed E-state index contributed by atoms with van der Waals surface area (Å²) in [6.45, 7) is 9.17. The standard InChI is InChI=1S/C18H31NOS/c1-5-15(19)18(17-7-6-10-21-17)20-16-11-13(4)8-9-14(16)12(2)3/h6-7,10,12-16,18H,5,8-9,11,19H2,1-4H3. The van der Waals surface area contributed by atoms with Gasteiger partial charge in [0.2, 0.25) is 0 Å². The van der Waals surface area contributed by atoms with Gasteiger partial charge >= 0.3 is 0 Å². The van der Waals surface area contributed by atoms with E-state index in [2.05, 4.69) is 45.2 Å². The van der Waals surface area contributed by atoms with Crippen molar-refractivity contribution in [2.24, 2.45) is 23.5 Å². The zero-order valence-corrected chi connectivity index (χ0v) is 14.7. The first-order valence-corrected chi connectivity index (χ1v) is 9.35. The molecular formula is C18H31NOS. The molecule has 2 nitrogen and oxygen atoms in total. The lowest BCUT2D eigenvalue weighted by Crippen LogP contribution is -2.39. The average Bonchev–Trinajstić information content (AvgIpc) is 2.97. The van der Waals surface area contributed by atoms with Gasteiger partial charge in [-0.15, -0.1) is 11.3 Å². The van der Waals surface area contributed by atoms with E-state index >= 15 is 0 Å². The van der Waals surface area contributed by atoms with Crippen LogP contribution >= 0.6 is 11.3 Å². The zero-order chi connectivity index (χ0) is 15.4. The van der Waals surface area contributed by atoms with Gasteiger partial charge in [0, 0.05) is 10.9 Å². The molecule has 3 heteroatoms. The van der Waals surface area contributed by atoms with Gasteiger partial charge in [-0.1, -0.05) is 40.2 Å². The molecule has 1 heterocycles. The number of ether oxygens (including phenoxy) is 1. The van der Waals surface area contributed by atoms with Crippen molar-refractivity contribution >= 4 is 11.3 Å². The van der Waals surface area contributed by atoms with Crippen molar-refractivity contribution in [3.05, 3.63) is 22.4 Å². The van der Waals surface area contributed by atoms with Crippen LogP contribution in [0.15, 0.2) is 17.5 Å². The Labute approximate surface area is 134 Å². The van der Waals surface area contributed by atoms with E-state index in [-0.39, 0.29) is 12.1 Å². The number of thiophene rings is 1. The van der Waals surface area contributed by atoms with Crippen LogP contribution in [-0.4, -0.2) is 12.1 Å². The average molecular weight is 310 g/mol. The van der Waals surface area contributed by atoms with Crippen molar-refractivity contribution < 1.29 is 4.74 Å². The molecule has 0 bridgehead atoms. The van der Waals surface area contributed by atoms with Crippen LogP contribution in [0.3, 0.4) is 0 Å². The smallest absolute Gasteiger partial charge is 0.107 e. The molecule has 0 aromatic carbocycles. The molecule has 120 valence electrons. The Morgan fingerprint density at radius 1 is 1.38 bits per heavy atom. The van der Waals surface area contributed by atoms with E-state index in [1.807, 2.05) is 0 Å². The van der Waals surface area contributed by atoms with Crippen LogP contribution in [0, 0.1) is 17.8 Å². The molecule has 1 aromatic heterocycles. The molecule has 1 aliphatic rings. The SMILES string of the molecule is CCC(N)C(OC1CC(C)CCC1C(C)C)c1cccs1. The van der Waals surface area contributed by atoms with E-state index in [0.717, 1.165) is 12.3 Å². The van der Waals surface area contributed by atoms with E-state index in [4.69, 9.17) is 10.5 Å². The maximum absolute atomic E-state index is 6.62. The quantitative estimate of drug-likeness (QED) is 0.802. The minimum atomic E-state index is 0.0616. The summed E-state index contributed by atoms with van der Waals surface area (Å²) in [6, 6.07) is 4.36. The Kier molecular flexibility index (Phi) is 6.27. The predicted octanol–water partition coefficient (Wildman–Crippen LogP) is 5.00. The molecule has 21 heavy (non-hydrogen) atoms. The van der Waals surface area contributed by atoms with Gasteiger partial charge in [-0.05, 0) is 48.5 Å². The molecule has 0 aliphatic heterocycles. The summed E-state index contributed by atoms with van der Waals surface area (Å²) in [5.74, 6) is 2.13. The second kappa shape index (κ2) is 7.75. The van der Waals surface area contributed by atoms with E-state index in [1.165, 1.54) is 24.1 Å². The van der Waals surface area contributed by atoms with Crippen LogP contribution in [0.2, 0.25) is 0 Å².